The molecule has 0 saturated heterocycles. The molecular formula is C105H129N7O10S4. The molecule has 3 aliphatic heterocycles. The first-order valence-corrected chi connectivity index (χ1v) is 47.9. The lowest BCUT2D eigenvalue weighted by atomic mass is 9.94. The fourth-order valence-electron chi connectivity index (χ4n) is 14.8. The second-order valence-electron chi connectivity index (χ2n) is 32.0. The van der Waals surface area contributed by atoms with Crippen LogP contribution >= 0.6 is 47.0 Å². The molecule has 126 heavy (non-hydrogen) atoms. The van der Waals surface area contributed by atoms with Gasteiger partial charge < -0.3 is 54.9 Å². The van der Waals surface area contributed by atoms with E-state index in [2.05, 4.69) is 128 Å². The quantitative estimate of drug-likeness (QED) is 0.0201. The van der Waals surface area contributed by atoms with Crippen molar-refractivity contribution < 1.29 is 50.0 Å². The van der Waals surface area contributed by atoms with Gasteiger partial charge >= 0.3 is 0 Å². The summed E-state index contributed by atoms with van der Waals surface area (Å²) < 4.78 is 18.6. The number of ether oxygens (including phenoxy) is 3. The molecule has 0 aliphatic carbocycles. The lowest BCUT2D eigenvalue weighted by Gasteiger charge is -2.35. The minimum absolute atomic E-state index is 0.0225. The fourth-order valence-corrected chi connectivity index (χ4v) is 16.5. The summed E-state index contributed by atoms with van der Waals surface area (Å²) in [7, 11) is 10.1. The Bertz CT molecular complexity index is 4900. The summed E-state index contributed by atoms with van der Waals surface area (Å²) in [5.74, 6) is 1.50. The Morgan fingerprint density at radius 2 is 0.667 bits per heavy atom. The third-order valence-electron chi connectivity index (χ3n) is 22.7. The molecule has 0 fully saturated rings. The molecule has 0 spiro atoms. The van der Waals surface area contributed by atoms with Gasteiger partial charge in [0.25, 0.3) is 0 Å². The SMILES string of the molecule is CC(C)N(C)[C@H](C)[C@@H](O)c1ccccc1.CC(C)N(C)[C@H](c1ccccc1)[C@@H](O)c1ccccc1.CC[C@@H]([C@@H](O)c1ccc(SC)cc1)N(C)C.CN(Cc1ccccc1)C[C@H](O)c1ccccc1.CSc1ccc([C@@H]2OC(c3ccccc3)=N[C@H]2CO)cc1.CSc1ccc([C@@H]2OC(c3ccccc3C3=N[C@@H](CO)[C@H](c4ccc(SC)cc4)O3)=N[C@H]2CO)cc1. The molecule has 0 amide bonds. The predicted molar refractivity (Wildman–Crippen MR) is 524 cm³/mol. The van der Waals surface area contributed by atoms with Crippen LogP contribution in [0.3, 0.4) is 0 Å². The number of thioether (sulfide) groups is 4. The highest BCUT2D eigenvalue weighted by Crippen LogP contribution is 2.39. The van der Waals surface area contributed by atoms with Crippen molar-refractivity contribution in [1.29, 1.82) is 0 Å². The molecule has 0 bridgehead atoms. The maximum atomic E-state index is 10.8. The Hall–Kier alpha value is -9.21. The highest BCUT2D eigenvalue weighted by molar-refractivity contribution is 7.99. The first kappa shape index (κ1) is 101. The van der Waals surface area contributed by atoms with E-state index in [9.17, 15) is 35.7 Å². The Morgan fingerprint density at radius 1 is 0.349 bits per heavy atom. The van der Waals surface area contributed by atoms with Gasteiger partial charge in [0, 0.05) is 73.5 Å². The van der Waals surface area contributed by atoms with Crippen molar-refractivity contribution in [3.63, 3.8) is 0 Å². The maximum Gasteiger partial charge on any atom is 0.218 e. The van der Waals surface area contributed by atoms with Crippen LogP contribution in [0.15, 0.2) is 338 Å². The van der Waals surface area contributed by atoms with E-state index in [1.807, 2.05) is 302 Å². The molecule has 0 aromatic heterocycles. The van der Waals surface area contributed by atoms with Gasteiger partial charge in [-0.05, 0) is 224 Å². The van der Waals surface area contributed by atoms with Gasteiger partial charge in [-0.15, -0.1) is 47.0 Å². The van der Waals surface area contributed by atoms with E-state index in [0.29, 0.717) is 36.3 Å². The Balaban J connectivity index is 0.000000177. The number of hydrogen-bond acceptors (Lipinski definition) is 21. The van der Waals surface area contributed by atoms with Crippen molar-refractivity contribution in [2.75, 3.05) is 86.6 Å². The van der Waals surface area contributed by atoms with Crippen LogP contribution < -0.4 is 0 Å². The Morgan fingerprint density at radius 3 is 1.02 bits per heavy atom. The molecule has 21 heteroatoms. The van der Waals surface area contributed by atoms with E-state index in [4.69, 9.17) is 24.2 Å². The number of aliphatic hydroxyl groups excluding tert-OH is 7. The standard InChI is InChI=1S/C28H28N2O4S2.C18H23NO.C17H17NO2S.C16H19NO.C13H21NOS.C13H21NO/c1-35-19-11-7-17(8-12-19)25-23(15-31)29-27(33-25)21-5-3-4-6-22(21)28-30-24(16-32)26(34-28)18-9-13-20(36-2)14-10-18;1-14(2)19(3)17(15-10-6-4-7-11-15)18(20)16-12-8-5-9-13-16;1-21-14-9-7-12(8-10-14)16-15(11-19)18-17(20-16)13-5-3-2-4-6-13;1-17(12-14-8-4-2-5-9-14)13-16(18)15-10-6-3-7-11-15;1-5-12(14(2)3)13(15)10-6-8-11(16-4)9-7-10;1-10(2)14(4)11(3)13(15)12-8-6-5-7-9-12/h3-14,23-26,31-32H,15-16H2,1-2H3;4-14,17-18,20H,1-3H3;2-10,15-16,19H,11H2,1H3;2-11,16,18H,12-13H2,1H3;6-9,12-13,15H,5H2,1-4H3;5-11,13,15H,1-4H3/t23-,24-,25-,26-;17-,18+;15-,16-;16-;12-,13-;11-,13-/m010001/s1. The number of aliphatic imine (C=N–C) groups is 3. The van der Waals surface area contributed by atoms with Crippen molar-refractivity contribution in [3.8, 4) is 0 Å². The highest BCUT2D eigenvalue weighted by Gasteiger charge is 2.38. The van der Waals surface area contributed by atoms with Crippen molar-refractivity contribution in [3.05, 3.63) is 370 Å². The van der Waals surface area contributed by atoms with Crippen molar-refractivity contribution in [1.82, 2.24) is 19.6 Å². The lowest BCUT2D eigenvalue weighted by molar-refractivity contribution is 0.0461. The normalized spacial score (nSPS) is 18.0. The van der Waals surface area contributed by atoms with Crippen LogP contribution in [-0.4, -0.2) is 202 Å². The van der Waals surface area contributed by atoms with Crippen LogP contribution in [0, 0.1) is 0 Å². The molecule has 0 saturated carbocycles. The van der Waals surface area contributed by atoms with E-state index < -0.39 is 36.5 Å². The van der Waals surface area contributed by atoms with E-state index >= 15 is 0 Å². The number of hydrogen-bond donors (Lipinski definition) is 7. The molecule has 13 atom stereocenters. The van der Waals surface area contributed by atoms with Crippen LogP contribution in [0.1, 0.15) is 163 Å². The summed E-state index contributed by atoms with van der Waals surface area (Å²) in [5, 5.41) is 71.0. The average molecular weight is 1780 g/mol. The second-order valence-corrected chi connectivity index (χ2v) is 35.5. The first-order chi connectivity index (χ1) is 61.0. The number of rotatable bonds is 31. The number of likely N-dealkylation sites (N-methyl/N-ethyl adjacent to an activating group) is 4. The van der Waals surface area contributed by atoms with Crippen molar-refractivity contribution in [2.24, 2.45) is 15.0 Å². The Kier molecular flexibility index (Phi) is 41.7. The number of nitrogens with zero attached hydrogens (tertiary/aromatic N) is 7. The minimum Gasteiger partial charge on any atom is -0.467 e. The van der Waals surface area contributed by atoms with Crippen LogP contribution in [0.5, 0.6) is 0 Å². The second kappa shape index (κ2) is 52.3. The molecule has 0 radical (unpaired) electrons. The van der Waals surface area contributed by atoms with Gasteiger partial charge in [0.05, 0.1) is 50.3 Å². The molecule has 668 valence electrons. The zero-order valence-corrected chi connectivity index (χ0v) is 78.7. The van der Waals surface area contributed by atoms with Crippen LogP contribution in [0.4, 0.5) is 0 Å². The molecule has 14 rings (SSSR count). The third-order valence-corrected chi connectivity index (χ3v) is 25.6. The van der Waals surface area contributed by atoms with Gasteiger partial charge in [0.1, 0.15) is 18.1 Å². The lowest BCUT2D eigenvalue weighted by Crippen LogP contribution is -2.39. The van der Waals surface area contributed by atoms with Crippen LogP contribution in [0.2, 0.25) is 0 Å². The number of aliphatic hydroxyl groups is 7. The molecule has 17 nitrogen and oxygen atoms in total. The fraction of sp³-hybridized carbons (Fsp3) is 0.343. The molecular weight excluding hydrogens is 1650 g/mol. The maximum absolute atomic E-state index is 10.8. The monoisotopic (exact) mass is 1780 g/mol. The Labute approximate surface area is 765 Å². The zero-order valence-electron chi connectivity index (χ0n) is 75.4. The topological polar surface area (TPSA) is 219 Å². The number of benzene rings is 11. The van der Waals surface area contributed by atoms with Gasteiger partial charge in [0.2, 0.25) is 17.7 Å². The first-order valence-electron chi connectivity index (χ1n) is 43.0. The average Bonchev–Trinajstić information content (AvgIpc) is 1.60. The third kappa shape index (κ3) is 29.2. The summed E-state index contributed by atoms with van der Waals surface area (Å²) in [4.78, 5) is 27.3. The highest BCUT2D eigenvalue weighted by atomic mass is 32.2. The van der Waals surface area contributed by atoms with Crippen LogP contribution in [-0.2, 0) is 20.8 Å². The van der Waals surface area contributed by atoms with E-state index in [1.54, 1.807) is 47.0 Å². The van der Waals surface area contributed by atoms with Gasteiger partial charge in [0.15, 0.2) is 18.3 Å². The molecule has 11 aromatic rings. The predicted octanol–water partition coefficient (Wildman–Crippen LogP) is 20.1. The summed E-state index contributed by atoms with van der Waals surface area (Å²) in [6, 6.07) is 100. The van der Waals surface area contributed by atoms with Gasteiger partial charge in [-0.1, -0.05) is 237 Å². The molecule has 11 aromatic carbocycles. The molecule has 7 N–H and O–H groups in total. The zero-order chi connectivity index (χ0) is 90.6. The minimum atomic E-state index is -0.536. The van der Waals surface area contributed by atoms with Crippen molar-refractivity contribution in [2.45, 2.75) is 165 Å². The van der Waals surface area contributed by atoms with Crippen molar-refractivity contribution >= 4 is 64.7 Å². The summed E-state index contributed by atoms with van der Waals surface area (Å²) in [5.41, 5.74) is 11.7. The van der Waals surface area contributed by atoms with Crippen LogP contribution in [0.25, 0.3) is 0 Å². The molecule has 3 aliphatic rings. The van der Waals surface area contributed by atoms with Gasteiger partial charge in [-0.3, -0.25) is 14.7 Å². The summed E-state index contributed by atoms with van der Waals surface area (Å²) in [6.07, 6.45) is 6.35. The molecule has 0 unspecified atom stereocenters. The largest absolute Gasteiger partial charge is 0.467 e. The van der Waals surface area contributed by atoms with E-state index in [1.165, 1.54) is 15.4 Å². The molecule has 3 heterocycles. The smallest absolute Gasteiger partial charge is 0.218 e. The van der Waals surface area contributed by atoms with Gasteiger partial charge in [-0.2, -0.15) is 0 Å². The summed E-state index contributed by atoms with van der Waals surface area (Å²) >= 11 is 6.78. The van der Waals surface area contributed by atoms with E-state index in [0.717, 1.165) is 84.0 Å². The van der Waals surface area contributed by atoms with E-state index in [-0.39, 0.29) is 62.3 Å². The van der Waals surface area contributed by atoms with Gasteiger partial charge in [-0.25, -0.2) is 15.0 Å². The summed E-state index contributed by atoms with van der Waals surface area (Å²) in [6.45, 7) is 13.9.